The van der Waals surface area contributed by atoms with Gasteiger partial charge in [0.2, 0.25) is 0 Å². The Bertz CT molecular complexity index is 565. The minimum Gasteiger partial charge on any atom is -0.492 e. The molecule has 2 aromatic rings. The van der Waals surface area contributed by atoms with E-state index in [1.807, 2.05) is 42.5 Å². The Hall–Kier alpha value is -2.00. The number of benzene rings is 2. The first kappa shape index (κ1) is 14.9. The minimum atomic E-state index is 0.581. The molecule has 0 saturated carbocycles. The van der Waals surface area contributed by atoms with Crippen LogP contribution in [0.4, 0.5) is 0 Å². The van der Waals surface area contributed by atoms with Gasteiger partial charge in [-0.05, 0) is 43.6 Å². The number of likely N-dealkylation sites (tertiary alicyclic amines) is 1. The third-order valence-corrected chi connectivity index (χ3v) is 3.93. The maximum absolute atomic E-state index is 5.84. The third kappa shape index (κ3) is 4.50. The normalized spacial score (nSPS) is 14.9. The molecule has 2 aromatic carbocycles. The molecule has 1 saturated heterocycles. The summed E-state index contributed by atoms with van der Waals surface area (Å²) in [5, 5.41) is 0. The molecule has 1 aliphatic rings. The predicted molar refractivity (Wildman–Crippen MR) is 88.4 cm³/mol. The van der Waals surface area contributed by atoms with Gasteiger partial charge in [-0.3, -0.25) is 4.90 Å². The number of hydrogen-bond donors (Lipinski definition) is 0. The summed E-state index contributed by atoms with van der Waals surface area (Å²) in [6.07, 6.45) is 2.64. The van der Waals surface area contributed by atoms with Crippen molar-refractivity contribution in [2.75, 3.05) is 26.2 Å². The van der Waals surface area contributed by atoms with Crippen LogP contribution in [0.25, 0.3) is 0 Å². The van der Waals surface area contributed by atoms with Crippen LogP contribution < -0.4 is 9.47 Å². The molecule has 1 aliphatic heterocycles. The van der Waals surface area contributed by atoms with Gasteiger partial charge in [-0.25, -0.2) is 0 Å². The summed E-state index contributed by atoms with van der Waals surface area (Å²) in [5.41, 5.74) is 1.17. The molecule has 22 heavy (non-hydrogen) atoms. The van der Waals surface area contributed by atoms with E-state index >= 15 is 0 Å². The first-order valence-corrected chi connectivity index (χ1v) is 8.02. The smallest absolute Gasteiger partial charge is 0.123 e. The molecule has 3 heteroatoms. The van der Waals surface area contributed by atoms with Crippen molar-refractivity contribution >= 4 is 0 Å². The average molecular weight is 297 g/mol. The highest BCUT2D eigenvalue weighted by molar-refractivity contribution is 5.33. The van der Waals surface area contributed by atoms with Crippen LogP contribution in [0.15, 0.2) is 54.6 Å². The summed E-state index contributed by atoms with van der Waals surface area (Å²) >= 11 is 0. The summed E-state index contributed by atoms with van der Waals surface area (Å²) in [4.78, 5) is 2.45. The zero-order chi connectivity index (χ0) is 15.0. The van der Waals surface area contributed by atoms with Crippen molar-refractivity contribution in [3.63, 3.8) is 0 Å². The van der Waals surface area contributed by atoms with Crippen LogP contribution in [0.1, 0.15) is 18.4 Å². The van der Waals surface area contributed by atoms with Gasteiger partial charge in [-0.2, -0.15) is 0 Å². The van der Waals surface area contributed by atoms with Crippen LogP contribution in [0, 0.1) is 0 Å². The summed E-state index contributed by atoms with van der Waals surface area (Å²) in [5.74, 6) is 1.73. The molecule has 116 valence electrons. The van der Waals surface area contributed by atoms with Crippen molar-refractivity contribution in [3.8, 4) is 11.5 Å². The molecule has 1 fully saturated rings. The van der Waals surface area contributed by atoms with E-state index in [0.29, 0.717) is 6.61 Å². The lowest BCUT2D eigenvalue weighted by atomic mass is 10.2. The molecule has 0 aromatic heterocycles. The highest BCUT2D eigenvalue weighted by Gasteiger charge is 2.10. The van der Waals surface area contributed by atoms with Crippen molar-refractivity contribution in [1.82, 2.24) is 4.90 Å². The standard InChI is InChI=1S/C19H23NO2/c1-2-7-17(8-3-1)16-22-19-10-6-9-18(15-19)21-14-13-20-11-4-5-12-20/h1-3,6-10,15H,4-5,11-14,16H2. The minimum absolute atomic E-state index is 0.581. The Kier molecular flexibility index (Phi) is 5.32. The zero-order valence-corrected chi connectivity index (χ0v) is 12.9. The van der Waals surface area contributed by atoms with Gasteiger partial charge in [-0.1, -0.05) is 36.4 Å². The second kappa shape index (κ2) is 7.85. The van der Waals surface area contributed by atoms with Crippen LogP contribution in [-0.2, 0) is 6.61 Å². The van der Waals surface area contributed by atoms with Crippen LogP contribution in [0.3, 0.4) is 0 Å². The fourth-order valence-electron chi connectivity index (χ4n) is 2.69. The summed E-state index contributed by atoms with van der Waals surface area (Å²) in [6, 6.07) is 18.1. The number of rotatable bonds is 7. The molecule has 0 radical (unpaired) electrons. The molecule has 0 amide bonds. The van der Waals surface area contributed by atoms with Crippen LogP contribution >= 0.6 is 0 Å². The number of ether oxygens (including phenoxy) is 2. The Morgan fingerprint density at radius 1 is 0.818 bits per heavy atom. The molecule has 0 N–H and O–H groups in total. The molecule has 3 nitrogen and oxygen atoms in total. The summed E-state index contributed by atoms with van der Waals surface area (Å²) in [7, 11) is 0. The van der Waals surface area contributed by atoms with Crippen molar-refractivity contribution in [2.45, 2.75) is 19.4 Å². The van der Waals surface area contributed by atoms with E-state index in [0.717, 1.165) is 24.7 Å². The lowest BCUT2D eigenvalue weighted by Crippen LogP contribution is -2.25. The quantitative estimate of drug-likeness (QED) is 0.777. The third-order valence-electron chi connectivity index (χ3n) is 3.93. The lowest BCUT2D eigenvalue weighted by molar-refractivity contribution is 0.236. The van der Waals surface area contributed by atoms with Crippen molar-refractivity contribution < 1.29 is 9.47 Å². The maximum Gasteiger partial charge on any atom is 0.123 e. The topological polar surface area (TPSA) is 21.7 Å². The average Bonchev–Trinajstić information content (AvgIpc) is 3.08. The second-order valence-corrected chi connectivity index (χ2v) is 5.65. The van der Waals surface area contributed by atoms with Gasteiger partial charge in [-0.15, -0.1) is 0 Å². The van der Waals surface area contributed by atoms with E-state index in [2.05, 4.69) is 17.0 Å². The molecule has 0 spiro atoms. The highest BCUT2D eigenvalue weighted by Crippen LogP contribution is 2.20. The van der Waals surface area contributed by atoms with Crippen LogP contribution in [0.2, 0.25) is 0 Å². The molecular weight excluding hydrogens is 274 g/mol. The SMILES string of the molecule is c1ccc(COc2cccc(OCCN3CCCC3)c2)cc1. The van der Waals surface area contributed by atoms with E-state index in [4.69, 9.17) is 9.47 Å². The Morgan fingerprint density at radius 2 is 1.55 bits per heavy atom. The van der Waals surface area contributed by atoms with Crippen LogP contribution in [0.5, 0.6) is 11.5 Å². The van der Waals surface area contributed by atoms with Gasteiger partial charge in [0, 0.05) is 12.6 Å². The molecular formula is C19H23NO2. The van der Waals surface area contributed by atoms with E-state index in [1.54, 1.807) is 0 Å². The molecule has 0 bridgehead atoms. The largest absolute Gasteiger partial charge is 0.492 e. The molecule has 0 aliphatic carbocycles. The van der Waals surface area contributed by atoms with E-state index < -0.39 is 0 Å². The van der Waals surface area contributed by atoms with Gasteiger partial charge in [0.05, 0.1) is 0 Å². The van der Waals surface area contributed by atoms with Gasteiger partial charge < -0.3 is 9.47 Å². The van der Waals surface area contributed by atoms with Crippen LogP contribution in [-0.4, -0.2) is 31.1 Å². The summed E-state index contributed by atoms with van der Waals surface area (Å²) in [6.45, 7) is 4.75. The first-order valence-electron chi connectivity index (χ1n) is 8.02. The molecule has 0 unspecified atom stereocenters. The predicted octanol–water partition coefficient (Wildman–Crippen LogP) is 3.74. The van der Waals surface area contributed by atoms with Crippen molar-refractivity contribution in [1.29, 1.82) is 0 Å². The molecule has 1 heterocycles. The number of nitrogens with zero attached hydrogens (tertiary/aromatic N) is 1. The zero-order valence-electron chi connectivity index (χ0n) is 12.9. The Balaban J connectivity index is 1.47. The van der Waals surface area contributed by atoms with E-state index in [1.165, 1.54) is 31.5 Å². The van der Waals surface area contributed by atoms with Crippen molar-refractivity contribution in [3.05, 3.63) is 60.2 Å². The van der Waals surface area contributed by atoms with Gasteiger partial charge >= 0.3 is 0 Å². The van der Waals surface area contributed by atoms with E-state index in [9.17, 15) is 0 Å². The second-order valence-electron chi connectivity index (χ2n) is 5.65. The fraction of sp³-hybridized carbons (Fsp3) is 0.368. The van der Waals surface area contributed by atoms with Gasteiger partial charge in [0.15, 0.2) is 0 Å². The monoisotopic (exact) mass is 297 g/mol. The molecule has 3 rings (SSSR count). The molecule has 0 atom stereocenters. The van der Waals surface area contributed by atoms with Gasteiger partial charge in [0.25, 0.3) is 0 Å². The highest BCUT2D eigenvalue weighted by atomic mass is 16.5. The van der Waals surface area contributed by atoms with Crippen molar-refractivity contribution in [2.24, 2.45) is 0 Å². The summed E-state index contributed by atoms with van der Waals surface area (Å²) < 4.78 is 11.7. The number of hydrogen-bond acceptors (Lipinski definition) is 3. The maximum atomic E-state index is 5.84. The van der Waals surface area contributed by atoms with Gasteiger partial charge in [0.1, 0.15) is 24.7 Å². The Morgan fingerprint density at radius 3 is 2.32 bits per heavy atom. The Labute approximate surface area is 132 Å². The van der Waals surface area contributed by atoms with E-state index in [-0.39, 0.29) is 0 Å². The fourth-order valence-corrected chi connectivity index (χ4v) is 2.69. The first-order chi connectivity index (χ1) is 10.9. The lowest BCUT2D eigenvalue weighted by Gasteiger charge is -2.15.